The van der Waals surface area contributed by atoms with Crippen molar-refractivity contribution in [3.63, 3.8) is 0 Å². The second kappa shape index (κ2) is 6.32. The number of carbonyl (C=O) groups is 1. The van der Waals surface area contributed by atoms with Gasteiger partial charge in [-0.1, -0.05) is 0 Å². The van der Waals surface area contributed by atoms with E-state index in [2.05, 4.69) is 22.2 Å². The number of piperazine rings is 1. The van der Waals surface area contributed by atoms with Gasteiger partial charge in [-0.2, -0.15) is 0 Å². The Labute approximate surface area is 124 Å². The van der Waals surface area contributed by atoms with E-state index in [1.807, 2.05) is 18.2 Å². The SMILES string of the molecule is CN1CCN(CC(=O)Nc2ccc3c(c2)OCCO3)CC1. The highest BCUT2D eigenvalue weighted by atomic mass is 16.6. The molecule has 2 aliphatic heterocycles. The number of benzene rings is 1. The highest BCUT2D eigenvalue weighted by Gasteiger charge is 2.17. The predicted octanol–water partition coefficient (Wildman–Crippen LogP) is 0.644. The maximum Gasteiger partial charge on any atom is 0.238 e. The minimum absolute atomic E-state index is 0.0104. The molecule has 0 radical (unpaired) electrons. The minimum Gasteiger partial charge on any atom is -0.486 e. The first-order valence-electron chi connectivity index (χ1n) is 7.31. The van der Waals surface area contributed by atoms with E-state index in [1.165, 1.54) is 0 Å². The maximum absolute atomic E-state index is 12.1. The molecule has 0 spiro atoms. The lowest BCUT2D eigenvalue weighted by molar-refractivity contribution is -0.117. The lowest BCUT2D eigenvalue weighted by Crippen LogP contribution is -2.47. The molecule has 0 aromatic heterocycles. The van der Waals surface area contributed by atoms with Crippen LogP contribution in [0.3, 0.4) is 0 Å². The highest BCUT2D eigenvalue weighted by Crippen LogP contribution is 2.32. The van der Waals surface area contributed by atoms with E-state index in [-0.39, 0.29) is 5.91 Å². The molecule has 6 heteroatoms. The third-order valence-electron chi connectivity index (χ3n) is 3.79. The minimum atomic E-state index is 0.0104. The van der Waals surface area contributed by atoms with Crippen LogP contribution >= 0.6 is 0 Å². The van der Waals surface area contributed by atoms with Crippen molar-refractivity contribution in [2.45, 2.75) is 0 Å². The lowest BCUT2D eigenvalue weighted by atomic mass is 10.2. The van der Waals surface area contributed by atoms with E-state index in [1.54, 1.807) is 0 Å². The molecule has 0 bridgehead atoms. The molecule has 1 amide bonds. The second-order valence-electron chi connectivity index (χ2n) is 5.49. The van der Waals surface area contributed by atoms with Crippen LogP contribution in [0.15, 0.2) is 18.2 Å². The summed E-state index contributed by atoms with van der Waals surface area (Å²) in [5, 5.41) is 2.92. The first-order chi connectivity index (χ1) is 10.2. The summed E-state index contributed by atoms with van der Waals surface area (Å²) >= 11 is 0. The number of ether oxygens (including phenoxy) is 2. The van der Waals surface area contributed by atoms with E-state index in [9.17, 15) is 4.79 Å². The van der Waals surface area contributed by atoms with Crippen LogP contribution in [0.4, 0.5) is 5.69 Å². The Bertz CT molecular complexity index is 513. The molecule has 1 aromatic carbocycles. The number of hydrogen-bond acceptors (Lipinski definition) is 5. The zero-order valence-corrected chi connectivity index (χ0v) is 12.3. The summed E-state index contributed by atoms with van der Waals surface area (Å²) in [6.07, 6.45) is 0. The quantitative estimate of drug-likeness (QED) is 0.886. The van der Waals surface area contributed by atoms with Crippen molar-refractivity contribution in [3.8, 4) is 11.5 Å². The zero-order valence-electron chi connectivity index (χ0n) is 12.3. The number of carbonyl (C=O) groups excluding carboxylic acids is 1. The second-order valence-corrected chi connectivity index (χ2v) is 5.49. The first-order valence-corrected chi connectivity index (χ1v) is 7.31. The molecule has 1 fully saturated rings. The molecule has 2 aliphatic rings. The molecular weight excluding hydrogens is 270 g/mol. The Morgan fingerprint density at radius 1 is 1.14 bits per heavy atom. The Hall–Kier alpha value is -1.79. The van der Waals surface area contributed by atoms with Gasteiger partial charge >= 0.3 is 0 Å². The van der Waals surface area contributed by atoms with Gasteiger partial charge in [-0.3, -0.25) is 9.69 Å². The Kier molecular flexibility index (Phi) is 4.26. The van der Waals surface area contributed by atoms with E-state index in [4.69, 9.17) is 9.47 Å². The molecule has 0 atom stereocenters. The third-order valence-corrected chi connectivity index (χ3v) is 3.79. The van der Waals surface area contributed by atoms with Crippen molar-refractivity contribution in [1.29, 1.82) is 0 Å². The van der Waals surface area contributed by atoms with Crippen LogP contribution < -0.4 is 14.8 Å². The number of nitrogens with zero attached hydrogens (tertiary/aromatic N) is 2. The van der Waals surface area contributed by atoms with Gasteiger partial charge in [0.2, 0.25) is 5.91 Å². The summed E-state index contributed by atoms with van der Waals surface area (Å²) in [7, 11) is 2.10. The lowest BCUT2D eigenvalue weighted by Gasteiger charge is -2.31. The molecule has 0 saturated carbocycles. The number of fused-ring (bicyclic) bond motifs is 1. The number of likely N-dealkylation sites (N-methyl/N-ethyl adjacent to an activating group) is 1. The largest absolute Gasteiger partial charge is 0.486 e. The molecule has 6 nitrogen and oxygen atoms in total. The van der Waals surface area contributed by atoms with Crippen LogP contribution in [0, 0.1) is 0 Å². The predicted molar refractivity (Wildman–Crippen MR) is 80.0 cm³/mol. The maximum atomic E-state index is 12.1. The number of anilines is 1. The van der Waals surface area contributed by atoms with Crippen molar-refractivity contribution in [3.05, 3.63) is 18.2 Å². The topological polar surface area (TPSA) is 54.0 Å². The smallest absolute Gasteiger partial charge is 0.238 e. The number of rotatable bonds is 3. The van der Waals surface area contributed by atoms with Crippen LogP contribution in [0.25, 0.3) is 0 Å². The van der Waals surface area contributed by atoms with Crippen LogP contribution in [-0.4, -0.2) is 68.7 Å². The van der Waals surface area contributed by atoms with Gasteiger partial charge in [-0.15, -0.1) is 0 Å². The Morgan fingerprint density at radius 3 is 2.62 bits per heavy atom. The third kappa shape index (κ3) is 3.65. The monoisotopic (exact) mass is 291 g/mol. The number of hydrogen-bond donors (Lipinski definition) is 1. The van der Waals surface area contributed by atoms with Gasteiger partial charge in [-0.25, -0.2) is 0 Å². The van der Waals surface area contributed by atoms with Gasteiger partial charge in [0.05, 0.1) is 6.54 Å². The summed E-state index contributed by atoms with van der Waals surface area (Å²) in [5.41, 5.74) is 0.748. The van der Waals surface area contributed by atoms with E-state index >= 15 is 0 Å². The van der Waals surface area contributed by atoms with E-state index in [0.717, 1.165) is 37.6 Å². The summed E-state index contributed by atoms with van der Waals surface area (Å²) in [6.45, 7) is 5.45. The van der Waals surface area contributed by atoms with Crippen LogP contribution in [0.2, 0.25) is 0 Å². The van der Waals surface area contributed by atoms with Gasteiger partial charge in [-0.05, 0) is 19.2 Å². The zero-order chi connectivity index (χ0) is 14.7. The van der Waals surface area contributed by atoms with Crippen molar-refractivity contribution in [2.24, 2.45) is 0 Å². The Morgan fingerprint density at radius 2 is 1.86 bits per heavy atom. The van der Waals surface area contributed by atoms with E-state index < -0.39 is 0 Å². The fraction of sp³-hybridized carbons (Fsp3) is 0.533. The van der Waals surface area contributed by atoms with Crippen LogP contribution in [0.1, 0.15) is 0 Å². The van der Waals surface area contributed by atoms with Crippen molar-refractivity contribution >= 4 is 11.6 Å². The van der Waals surface area contributed by atoms with Gasteiger partial charge < -0.3 is 19.7 Å². The summed E-state index contributed by atoms with van der Waals surface area (Å²) < 4.78 is 11.0. The molecule has 0 unspecified atom stereocenters. The standard InChI is InChI=1S/C15H21N3O3/c1-17-4-6-18(7-5-17)11-15(19)16-12-2-3-13-14(10-12)21-9-8-20-13/h2-3,10H,4-9,11H2,1H3,(H,16,19). The molecular formula is C15H21N3O3. The molecule has 3 rings (SSSR count). The number of nitrogens with one attached hydrogen (secondary N) is 1. The molecule has 1 saturated heterocycles. The molecule has 2 heterocycles. The summed E-state index contributed by atoms with van der Waals surface area (Å²) in [6, 6.07) is 5.49. The molecule has 1 N–H and O–H groups in total. The fourth-order valence-corrected chi connectivity index (χ4v) is 2.53. The van der Waals surface area contributed by atoms with Gasteiger partial charge in [0, 0.05) is 37.9 Å². The molecule has 114 valence electrons. The average molecular weight is 291 g/mol. The first kappa shape index (κ1) is 14.2. The fourth-order valence-electron chi connectivity index (χ4n) is 2.53. The molecule has 1 aromatic rings. The van der Waals surface area contributed by atoms with Gasteiger partial charge in [0.25, 0.3) is 0 Å². The van der Waals surface area contributed by atoms with Crippen molar-refractivity contribution < 1.29 is 14.3 Å². The highest BCUT2D eigenvalue weighted by molar-refractivity contribution is 5.92. The van der Waals surface area contributed by atoms with Crippen LogP contribution in [0.5, 0.6) is 11.5 Å². The van der Waals surface area contributed by atoms with Crippen LogP contribution in [-0.2, 0) is 4.79 Å². The number of amides is 1. The van der Waals surface area contributed by atoms with Crippen molar-refractivity contribution in [2.75, 3.05) is 58.3 Å². The van der Waals surface area contributed by atoms with E-state index in [0.29, 0.717) is 25.5 Å². The van der Waals surface area contributed by atoms with Crippen molar-refractivity contribution in [1.82, 2.24) is 9.80 Å². The molecule has 21 heavy (non-hydrogen) atoms. The van der Waals surface area contributed by atoms with Gasteiger partial charge in [0.15, 0.2) is 11.5 Å². The molecule has 0 aliphatic carbocycles. The average Bonchev–Trinajstić information content (AvgIpc) is 2.49. The Balaban J connectivity index is 1.55. The summed E-state index contributed by atoms with van der Waals surface area (Å²) in [4.78, 5) is 16.5. The normalized spacial score (nSPS) is 19.3. The van der Waals surface area contributed by atoms with Gasteiger partial charge in [0.1, 0.15) is 13.2 Å². The summed E-state index contributed by atoms with van der Waals surface area (Å²) in [5.74, 6) is 1.44.